The maximum absolute atomic E-state index is 10.6. The van der Waals surface area contributed by atoms with Crippen molar-refractivity contribution in [2.24, 2.45) is 0 Å². The van der Waals surface area contributed by atoms with Gasteiger partial charge in [0.25, 0.3) is 0 Å². The summed E-state index contributed by atoms with van der Waals surface area (Å²) < 4.78 is 0. The largest absolute Gasteiger partial charge is 0.352 e. The molecule has 0 aromatic rings. The van der Waals surface area contributed by atoms with Gasteiger partial charge in [-0.25, -0.2) is 0 Å². The van der Waals surface area contributed by atoms with Gasteiger partial charge in [0.1, 0.15) is 0 Å². The summed E-state index contributed by atoms with van der Waals surface area (Å²) in [4.78, 5) is 10.6. The topological polar surface area (TPSA) is 29.1 Å². The van der Waals surface area contributed by atoms with Crippen LogP contribution in [0.2, 0.25) is 0 Å². The molecule has 70 valence electrons. The van der Waals surface area contributed by atoms with Crippen LogP contribution in [-0.4, -0.2) is 12.5 Å². The van der Waals surface area contributed by atoms with Gasteiger partial charge in [-0.1, -0.05) is 17.6 Å². The first-order valence-corrected chi connectivity index (χ1v) is 4.11. The summed E-state index contributed by atoms with van der Waals surface area (Å²) in [5.74, 6) is 2.44. The molecule has 0 atom stereocenters. The molecule has 0 aliphatic carbocycles. The fourth-order valence-electron chi connectivity index (χ4n) is 0.645. The molecule has 0 heterocycles. The van der Waals surface area contributed by atoms with Gasteiger partial charge in [0.2, 0.25) is 5.91 Å². The van der Waals surface area contributed by atoms with E-state index >= 15 is 0 Å². The molecule has 0 aromatic carbocycles. The Kier molecular flexibility index (Phi) is 5.38. The van der Waals surface area contributed by atoms with Gasteiger partial charge in [-0.3, -0.25) is 4.79 Å². The van der Waals surface area contributed by atoms with Crippen LogP contribution in [0.15, 0.2) is 23.3 Å². The lowest BCUT2D eigenvalue weighted by Gasteiger charge is -1.99. The fourth-order valence-corrected chi connectivity index (χ4v) is 0.645. The number of amides is 1. The summed E-state index contributed by atoms with van der Waals surface area (Å²) in [5.41, 5.74) is 1.95. The molecule has 1 amide bonds. The Balaban J connectivity index is 4.20. The lowest BCUT2D eigenvalue weighted by Crippen LogP contribution is -2.21. The van der Waals surface area contributed by atoms with Crippen molar-refractivity contribution in [3.63, 3.8) is 0 Å². The van der Waals surface area contributed by atoms with Gasteiger partial charge in [0.05, 0.1) is 6.54 Å². The van der Waals surface area contributed by atoms with E-state index in [2.05, 4.69) is 11.2 Å². The normalized spacial score (nSPS) is 10.2. The van der Waals surface area contributed by atoms with E-state index in [-0.39, 0.29) is 5.91 Å². The highest BCUT2D eigenvalue weighted by Crippen LogP contribution is 1.95. The predicted octanol–water partition coefficient (Wildman–Crippen LogP) is 1.65. The number of rotatable bonds is 3. The third-order valence-corrected chi connectivity index (χ3v) is 1.33. The number of terminal acetylenes is 1. The Hall–Kier alpha value is -1.49. The van der Waals surface area contributed by atoms with E-state index in [1.54, 1.807) is 0 Å². The number of hydrogen-bond donors (Lipinski definition) is 1. The molecule has 0 saturated heterocycles. The molecule has 2 heteroatoms. The SMILES string of the molecule is C#C/C(=C\C=C(C)C)CNC(C)=O. The van der Waals surface area contributed by atoms with Crippen LogP contribution in [-0.2, 0) is 4.79 Å². The fraction of sp³-hybridized carbons (Fsp3) is 0.364. The smallest absolute Gasteiger partial charge is 0.217 e. The maximum Gasteiger partial charge on any atom is 0.217 e. The van der Waals surface area contributed by atoms with Gasteiger partial charge >= 0.3 is 0 Å². The Morgan fingerprint density at radius 2 is 2.00 bits per heavy atom. The van der Waals surface area contributed by atoms with E-state index < -0.39 is 0 Å². The van der Waals surface area contributed by atoms with Crippen LogP contribution >= 0.6 is 0 Å². The molecular formula is C11H15NO. The van der Waals surface area contributed by atoms with Crippen molar-refractivity contribution in [2.45, 2.75) is 20.8 Å². The van der Waals surface area contributed by atoms with Crippen LogP contribution in [0.4, 0.5) is 0 Å². The van der Waals surface area contributed by atoms with Gasteiger partial charge in [-0.05, 0) is 19.9 Å². The number of nitrogens with one attached hydrogen (secondary N) is 1. The van der Waals surface area contributed by atoms with Crippen molar-refractivity contribution in [3.05, 3.63) is 23.3 Å². The summed E-state index contributed by atoms with van der Waals surface area (Å²) in [6, 6.07) is 0. The van der Waals surface area contributed by atoms with Crippen molar-refractivity contribution in [1.29, 1.82) is 0 Å². The first-order valence-electron chi connectivity index (χ1n) is 4.11. The third-order valence-electron chi connectivity index (χ3n) is 1.33. The molecule has 0 rings (SSSR count). The molecule has 13 heavy (non-hydrogen) atoms. The molecule has 2 nitrogen and oxygen atoms in total. The summed E-state index contributed by atoms with van der Waals surface area (Å²) in [5, 5.41) is 2.64. The van der Waals surface area contributed by atoms with Crippen LogP contribution in [0.1, 0.15) is 20.8 Å². The molecule has 0 radical (unpaired) electrons. The Morgan fingerprint density at radius 1 is 1.38 bits per heavy atom. The molecule has 1 N–H and O–H groups in total. The minimum Gasteiger partial charge on any atom is -0.352 e. The number of hydrogen-bond acceptors (Lipinski definition) is 1. The highest BCUT2D eigenvalue weighted by atomic mass is 16.1. The van der Waals surface area contributed by atoms with E-state index in [0.29, 0.717) is 6.54 Å². The summed E-state index contributed by atoms with van der Waals surface area (Å²) >= 11 is 0. The number of carbonyl (C=O) groups excluding carboxylic acids is 1. The second-order valence-corrected chi connectivity index (χ2v) is 2.99. The quantitative estimate of drug-likeness (QED) is 0.515. The Morgan fingerprint density at radius 3 is 2.38 bits per heavy atom. The molecule has 0 saturated carbocycles. The summed E-state index contributed by atoms with van der Waals surface area (Å²) in [7, 11) is 0. The molecule has 0 spiro atoms. The lowest BCUT2D eigenvalue weighted by atomic mass is 10.2. The van der Waals surface area contributed by atoms with E-state index in [1.807, 2.05) is 26.0 Å². The zero-order valence-corrected chi connectivity index (χ0v) is 8.35. The number of carbonyl (C=O) groups is 1. The van der Waals surface area contributed by atoms with Crippen LogP contribution in [0.5, 0.6) is 0 Å². The summed E-state index contributed by atoms with van der Waals surface area (Å²) in [6.45, 7) is 5.87. The highest BCUT2D eigenvalue weighted by molar-refractivity contribution is 5.73. The van der Waals surface area contributed by atoms with Gasteiger partial charge in [-0.2, -0.15) is 0 Å². The van der Waals surface area contributed by atoms with E-state index in [9.17, 15) is 4.79 Å². The molecular weight excluding hydrogens is 162 g/mol. The standard InChI is InChI=1S/C11H15NO/c1-5-11(7-6-9(2)3)8-12-10(4)13/h1,6-7H,8H2,2-4H3,(H,12,13)/b11-7+. The lowest BCUT2D eigenvalue weighted by molar-refractivity contribution is -0.118. The molecule has 0 bridgehead atoms. The number of allylic oxidation sites excluding steroid dienone is 3. The van der Waals surface area contributed by atoms with Crippen LogP contribution in [0.25, 0.3) is 0 Å². The minimum atomic E-state index is -0.0710. The molecule has 0 aliphatic heterocycles. The van der Waals surface area contributed by atoms with Crippen molar-refractivity contribution >= 4 is 5.91 Å². The van der Waals surface area contributed by atoms with E-state index in [0.717, 1.165) is 5.57 Å². The van der Waals surface area contributed by atoms with Gasteiger partial charge < -0.3 is 5.32 Å². The van der Waals surface area contributed by atoms with Gasteiger partial charge in [0, 0.05) is 12.5 Å². The van der Waals surface area contributed by atoms with E-state index in [4.69, 9.17) is 6.42 Å². The monoisotopic (exact) mass is 177 g/mol. The second kappa shape index (κ2) is 6.07. The average molecular weight is 177 g/mol. The molecule has 0 fully saturated rings. The van der Waals surface area contributed by atoms with Gasteiger partial charge in [0.15, 0.2) is 0 Å². The van der Waals surface area contributed by atoms with Crippen molar-refractivity contribution in [2.75, 3.05) is 6.54 Å². The highest BCUT2D eigenvalue weighted by Gasteiger charge is 1.92. The zero-order valence-electron chi connectivity index (χ0n) is 8.35. The Labute approximate surface area is 79.7 Å². The van der Waals surface area contributed by atoms with Crippen LogP contribution in [0, 0.1) is 12.3 Å². The van der Waals surface area contributed by atoms with Gasteiger partial charge in [-0.15, -0.1) is 6.42 Å². The minimum absolute atomic E-state index is 0.0710. The van der Waals surface area contributed by atoms with Crippen molar-refractivity contribution < 1.29 is 4.79 Å². The van der Waals surface area contributed by atoms with E-state index in [1.165, 1.54) is 12.5 Å². The third kappa shape index (κ3) is 6.89. The maximum atomic E-state index is 10.6. The molecule has 0 aromatic heterocycles. The Bertz CT molecular complexity index is 275. The van der Waals surface area contributed by atoms with Crippen LogP contribution < -0.4 is 5.32 Å². The van der Waals surface area contributed by atoms with Crippen LogP contribution in [0.3, 0.4) is 0 Å². The zero-order chi connectivity index (χ0) is 10.3. The second-order valence-electron chi connectivity index (χ2n) is 2.99. The first kappa shape index (κ1) is 11.5. The molecule has 0 unspecified atom stereocenters. The molecule has 0 aliphatic rings. The summed E-state index contributed by atoms with van der Waals surface area (Å²) in [6.07, 6.45) is 9.01. The predicted molar refractivity (Wildman–Crippen MR) is 55.0 cm³/mol. The first-order chi connectivity index (χ1) is 6.06. The van der Waals surface area contributed by atoms with Crippen molar-refractivity contribution in [3.8, 4) is 12.3 Å². The average Bonchev–Trinajstić information content (AvgIpc) is 2.04. The van der Waals surface area contributed by atoms with Crippen molar-refractivity contribution in [1.82, 2.24) is 5.32 Å².